The van der Waals surface area contributed by atoms with E-state index in [1.807, 2.05) is 0 Å². The zero-order chi connectivity index (χ0) is 21.0. The van der Waals surface area contributed by atoms with Crippen LogP contribution in [0, 0.1) is 0 Å². The molecule has 2 aromatic carbocycles. The molecule has 6 nitrogen and oxygen atoms in total. The second-order valence-electron chi connectivity index (χ2n) is 6.44. The van der Waals surface area contributed by atoms with Crippen molar-refractivity contribution in [1.82, 2.24) is 0 Å². The third kappa shape index (κ3) is 5.40. The molecule has 1 aliphatic rings. The largest absolute Gasteiger partial charge is 0.484 e. The maximum absolute atomic E-state index is 12.4. The van der Waals surface area contributed by atoms with Gasteiger partial charge in [0, 0.05) is 18.7 Å². The van der Waals surface area contributed by atoms with Crippen molar-refractivity contribution in [2.45, 2.75) is 25.6 Å². The fraction of sp³-hybridized carbons (Fsp3) is 0.300. The molecule has 0 aromatic heterocycles. The number of ether oxygens (including phenoxy) is 2. The zero-order valence-electron chi connectivity index (χ0n) is 15.5. The first kappa shape index (κ1) is 20.5. The molecule has 9 heteroatoms. The SMILES string of the molecule is CC1Oc2ccccc2N(CCC(=O)Nc2ccc(OCC(F)(F)F)cc2)C1=O. The number of alkyl halides is 3. The number of fused-ring (bicyclic) bond motifs is 1. The summed E-state index contributed by atoms with van der Waals surface area (Å²) in [5.41, 5.74) is 1.02. The summed E-state index contributed by atoms with van der Waals surface area (Å²) in [6, 6.07) is 12.6. The molecule has 154 valence electrons. The summed E-state index contributed by atoms with van der Waals surface area (Å²) in [6.07, 6.45) is -5.02. The molecule has 2 aromatic rings. The van der Waals surface area contributed by atoms with Crippen LogP contribution in [-0.2, 0) is 9.59 Å². The number of hydrogen-bond donors (Lipinski definition) is 1. The summed E-state index contributed by atoms with van der Waals surface area (Å²) < 4.78 is 46.6. The molecule has 2 amide bonds. The normalized spacial score (nSPS) is 16.1. The van der Waals surface area contributed by atoms with E-state index in [-0.39, 0.29) is 30.5 Å². The third-order valence-corrected chi connectivity index (χ3v) is 4.18. The van der Waals surface area contributed by atoms with Gasteiger partial charge in [0.1, 0.15) is 11.5 Å². The van der Waals surface area contributed by atoms with Crippen molar-refractivity contribution < 1.29 is 32.2 Å². The second kappa shape index (κ2) is 8.42. The highest BCUT2D eigenvalue weighted by molar-refractivity contribution is 6.00. The molecule has 1 N–H and O–H groups in total. The van der Waals surface area contributed by atoms with E-state index < -0.39 is 18.9 Å². The minimum Gasteiger partial charge on any atom is -0.484 e. The minimum atomic E-state index is -4.42. The lowest BCUT2D eigenvalue weighted by atomic mass is 10.1. The summed E-state index contributed by atoms with van der Waals surface area (Å²) in [5.74, 6) is 0.0559. The van der Waals surface area contributed by atoms with Gasteiger partial charge >= 0.3 is 6.18 Å². The van der Waals surface area contributed by atoms with Crippen LogP contribution >= 0.6 is 0 Å². The van der Waals surface area contributed by atoms with Gasteiger partial charge in [-0.3, -0.25) is 9.59 Å². The van der Waals surface area contributed by atoms with Crippen molar-refractivity contribution in [2.24, 2.45) is 0 Å². The zero-order valence-corrected chi connectivity index (χ0v) is 15.5. The van der Waals surface area contributed by atoms with Crippen LogP contribution in [0.25, 0.3) is 0 Å². The third-order valence-electron chi connectivity index (χ3n) is 4.18. The Bertz CT molecular complexity index is 884. The molecule has 0 aliphatic carbocycles. The van der Waals surface area contributed by atoms with E-state index in [2.05, 4.69) is 10.1 Å². The van der Waals surface area contributed by atoms with Crippen molar-refractivity contribution in [2.75, 3.05) is 23.4 Å². The molecule has 0 fully saturated rings. The Balaban J connectivity index is 1.55. The maximum atomic E-state index is 12.4. The number of carbonyl (C=O) groups excluding carboxylic acids is 2. The predicted molar refractivity (Wildman–Crippen MR) is 100 cm³/mol. The highest BCUT2D eigenvalue weighted by Crippen LogP contribution is 2.33. The second-order valence-corrected chi connectivity index (χ2v) is 6.44. The number of benzene rings is 2. The Morgan fingerprint density at radius 3 is 2.55 bits per heavy atom. The first-order valence-corrected chi connectivity index (χ1v) is 8.89. The van der Waals surface area contributed by atoms with Gasteiger partial charge in [0.15, 0.2) is 12.7 Å². The van der Waals surface area contributed by atoms with Crippen molar-refractivity contribution in [1.29, 1.82) is 0 Å². The van der Waals surface area contributed by atoms with Crippen LogP contribution in [0.3, 0.4) is 0 Å². The smallest absolute Gasteiger partial charge is 0.422 e. The number of hydrogen-bond acceptors (Lipinski definition) is 4. The fourth-order valence-electron chi connectivity index (χ4n) is 2.83. The molecule has 3 rings (SSSR count). The molecule has 0 saturated heterocycles. The number of nitrogens with zero attached hydrogens (tertiary/aromatic N) is 1. The molecule has 1 atom stereocenters. The van der Waals surface area contributed by atoms with Gasteiger partial charge in [-0.15, -0.1) is 0 Å². The minimum absolute atomic E-state index is 0.0408. The van der Waals surface area contributed by atoms with Crippen molar-refractivity contribution in [3.8, 4) is 11.5 Å². The van der Waals surface area contributed by atoms with Gasteiger partial charge in [-0.05, 0) is 43.3 Å². The van der Waals surface area contributed by atoms with Crippen molar-refractivity contribution in [3.05, 3.63) is 48.5 Å². The lowest BCUT2D eigenvalue weighted by Crippen LogP contribution is -2.45. The Morgan fingerprint density at radius 1 is 1.17 bits per heavy atom. The lowest BCUT2D eigenvalue weighted by molar-refractivity contribution is -0.153. The van der Waals surface area contributed by atoms with Crippen LogP contribution < -0.4 is 19.7 Å². The summed E-state index contributed by atoms with van der Waals surface area (Å²) in [6.45, 7) is 0.433. The van der Waals surface area contributed by atoms with Gasteiger partial charge in [0.05, 0.1) is 5.69 Å². The van der Waals surface area contributed by atoms with Crippen LogP contribution in [0.2, 0.25) is 0 Å². The van der Waals surface area contributed by atoms with Crippen LogP contribution in [0.1, 0.15) is 13.3 Å². The summed E-state index contributed by atoms with van der Waals surface area (Å²) >= 11 is 0. The molecular weight excluding hydrogens is 389 g/mol. The van der Waals surface area contributed by atoms with Crippen molar-refractivity contribution in [3.63, 3.8) is 0 Å². The Morgan fingerprint density at radius 2 is 1.86 bits per heavy atom. The van der Waals surface area contributed by atoms with Crippen molar-refractivity contribution >= 4 is 23.2 Å². The Kier molecular flexibility index (Phi) is 5.95. The number of halogens is 3. The highest BCUT2D eigenvalue weighted by atomic mass is 19.4. The summed E-state index contributed by atoms with van der Waals surface area (Å²) in [7, 11) is 0. The molecule has 1 heterocycles. The molecule has 0 saturated carbocycles. The number of nitrogens with one attached hydrogen (secondary N) is 1. The summed E-state index contributed by atoms with van der Waals surface area (Å²) in [4.78, 5) is 26.2. The van der Waals surface area contributed by atoms with E-state index in [4.69, 9.17) is 4.74 Å². The topological polar surface area (TPSA) is 67.9 Å². The molecule has 0 bridgehead atoms. The average Bonchev–Trinajstić information content (AvgIpc) is 2.67. The Hall–Kier alpha value is -3.23. The number of rotatable bonds is 6. The summed E-state index contributed by atoms with van der Waals surface area (Å²) in [5, 5.41) is 2.65. The number of para-hydroxylation sites is 2. The quantitative estimate of drug-likeness (QED) is 0.790. The standard InChI is InChI=1S/C20H19F3N2O4/c1-13-19(27)25(16-4-2-3-5-17(16)29-13)11-10-18(26)24-14-6-8-15(9-7-14)28-12-20(21,22)23/h2-9,13H,10-12H2,1H3,(H,24,26). The van der Waals surface area contributed by atoms with Gasteiger partial charge in [0.2, 0.25) is 5.91 Å². The van der Waals surface area contributed by atoms with Gasteiger partial charge in [-0.1, -0.05) is 12.1 Å². The van der Waals surface area contributed by atoms with E-state index >= 15 is 0 Å². The van der Waals surface area contributed by atoms with Crippen LogP contribution in [-0.4, -0.2) is 37.2 Å². The van der Waals surface area contributed by atoms with E-state index in [1.54, 1.807) is 31.2 Å². The fourth-order valence-corrected chi connectivity index (χ4v) is 2.83. The molecule has 1 aliphatic heterocycles. The van der Waals surface area contributed by atoms with Crippen LogP contribution in [0.5, 0.6) is 11.5 Å². The van der Waals surface area contributed by atoms with E-state index in [0.29, 0.717) is 17.1 Å². The van der Waals surface area contributed by atoms with Gasteiger partial charge < -0.3 is 19.7 Å². The molecule has 29 heavy (non-hydrogen) atoms. The molecule has 0 spiro atoms. The van der Waals surface area contributed by atoms with Crippen LogP contribution in [0.4, 0.5) is 24.5 Å². The lowest BCUT2D eigenvalue weighted by Gasteiger charge is -2.32. The van der Waals surface area contributed by atoms with Gasteiger partial charge in [-0.25, -0.2) is 0 Å². The first-order valence-electron chi connectivity index (χ1n) is 8.89. The predicted octanol–water partition coefficient (Wildman–Crippen LogP) is 3.77. The number of anilines is 2. The Labute approximate surface area is 165 Å². The number of carbonyl (C=O) groups is 2. The van der Waals surface area contributed by atoms with E-state index in [1.165, 1.54) is 29.2 Å². The van der Waals surface area contributed by atoms with E-state index in [9.17, 15) is 22.8 Å². The first-order chi connectivity index (χ1) is 13.7. The van der Waals surface area contributed by atoms with Gasteiger partial charge in [-0.2, -0.15) is 13.2 Å². The molecule has 1 unspecified atom stereocenters. The average molecular weight is 408 g/mol. The monoisotopic (exact) mass is 408 g/mol. The van der Waals surface area contributed by atoms with E-state index in [0.717, 1.165) is 0 Å². The number of amides is 2. The van der Waals surface area contributed by atoms with Gasteiger partial charge in [0.25, 0.3) is 5.91 Å². The maximum Gasteiger partial charge on any atom is 0.422 e. The van der Waals surface area contributed by atoms with Crippen LogP contribution in [0.15, 0.2) is 48.5 Å². The molecule has 0 radical (unpaired) electrons. The molecular formula is C20H19F3N2O4. The highest BCUT2D eigenvalue weighted by Gasteiger charge is 2.31.